The van der Waals surface area contributed by atoms with Crippen molar-refractivity contribution in [1.82, 2.24) is 0 Å². The lowest BCUT2D eigenvalue weighted by molar-refractivity contribution is -0.155. The molecule has 1 saturated carbocycles. The number of esters is 1. The van der Waals surface area contributed by atoms with E-state index in [1.165, 1.54) is 0 Å². The van der Waals surface area contributed by atoms with E-state index >= 15 is 0 Å². The number of benzene rings is 1. The Kier molecular flexibility index (Phi) is 2.49. The smallest absolute Gasteiger partial charge is 0.338 e. The number of rotatable bonds is 3. The molecular formula is C12H14O3. The minimum Gasteiger partial charge on any atom is -0.464 e. The van der Waals surface area contributed by atoms with E-state index in [0.29, 0.717) is 13.0 Å². The van der Waals surface area contributed by atoms with Crippen LogP contribution in [-0.2, 0) is 9.53 Å². The molecule has 0 aliphatic heterocycles. The summed E-state index contributed by atoms with van der Waals surface area (Å²) >= 11 is 0. The van der Waals surface area contributed by atoms with Crippen LogP contribution in [0.1, 0.15) is 24.8 Å². The van der Waals surface area contributed by atoms with Gasteiger partial charge in [-0.3, -0.25) is 0 Å². The zero-order valence-electron chi connectivity index (χ0n) is 8.64. The van der Waals surface area contributed by atoms with E-state index in [1.807, 2.05) is 30.3 Å². The predicted molar refractivity (Wildman–Crippen MR) is 55.4 cm³/mol. The van der Waals surface area contributed by atoms with Crippen LogP contribution >= 0.6 is 0 Å². The molecule has 80 valence electrons. The number of hydrogen-bond donors (Lipinski definition) is 1. The Bertz CT molecular complexity index is 360. The van der Waals surface area contributed by atoms with Crippen LogP contribution in [0.15, 0.2) is 30.3 Å². The van der Waals surface area contributed by atoms with Crippen LogP contribution in [0.5, 0.6) is 0 Å². The molecule has 2 atom stereocenters. The average molecular weight is 206 g/mol. The Hall–Kier alpha value is -1.35. The molecular weight excluding hydrogens is 192 g/mol. The quantitative estimate of drug-likeness (QED) is 0.762. The Balaban J connectivity index is 2.09. The molecule has 0 bridgehead atoms. The Morgan fingerprint density at radius 3 is 2.80 bits per heavy atom. The van der Waals surface area contributed by atoms with E-state index in [4.69, 9.17) is 4.74 Å². The lowest BCUT2D eigenvalue weighted by Gasteiger charge is -2.09. The minimum atomic E-state index is -1.28. The fourth-order valence-electron chi connectivity index (χ4n) is 1.81. The average Bonchev–Trinajstić information content (AvgIpc) is 2.94. The molecule has 1 aromatic rings. The molecule has 0 amide bonds. The summed E-state index contributed by atoms with van der Waals surface area (Å²) in [6, 6.07) is 9.55. The van der Waals surface area contributed by atoms with Gasteiger partial charge in [-0.25, -0.2) is 4.79 Å². The van der Waals surface area contributed by atoms with Gasteiger partial charge in [0, 0.05) is 5.92 Å². The molecule has 0 aromatic heterocycles. The summed E-state index contributed by atoms with van der Waals surface area (Å²) in [5.74, 6) is -0.600. The normalized spacial score (nSPS) is 28.5. The fraction of sp³-hybridized carbons (Fsp3) is 0.417. The standard InChI is InChI=1S/C12H14O3/c1-2-15-11(13)12(14)8-10(12)9-6-4-3-5-7-9/h3-7,10,14H,2,8H2,1H3/t10-,12+/m1/s1. The molecule has 2 rings (SSSR count). The number of hydrogen-bond acceptors (Lipinski definition) is 3. The topological polar surface area (TPSA) is 46.5 Å². The van der Waals surface area contributed by atoms with Gasteiger partial charge in [0.2, 0.25) is 0 Å². The van der Waals surface area contributed by atoms with Crippen LogP contribution < -0.4 is 0 Å². The monoisotopic (exact) mass is 206 g/mol. The van der Waals surface area contributed by atoms with Crippen molar-refractivity contribution in [3.8, 4) is 0 Å². The van der Waals surface area contributed by atoms with Crippen molar-refractivity contribution in [2.45, 2.75) is 24.9 Å². The van der Waals surface area contributed by atoms with Gasteiger partial charge in [-0.1, -0.05) is 30.3 Å². The van der Waals surface area contributed by atoms with Crippen molar-refractivity contribution in [2.24, 2.45) is 0 Å². The van der Waals surface area contributed by atoms with Crippen molar-refractivity contribution in [2.75, 3.05) is 6.61 Å². The first-order chi connectivity index (χ1) is 7.18. The molecule has 1 fully saturated rings. The summed E-state index contributed by atoms with van der Waals surface area (Å²) in [6.45, 7) is 2.05. The maximum absolute atomic E-state index is 11.4. The van der Waals surface area contributed by atoms with Gasteiger partial charge in [-0.15, -0.1) is 0 Å². The largest absolute Gasteiger partial charge is 0.464 e. The summed E-state index contributed by atoms with van der Waals surface area (Å²) in [7, 11) is 0. The van der Waals surface area contributed by atoms with Gasteiger partial charge in [0.25, 0.3) is 0 Å². The van der Waals surface area contributed by atoms with E-state index < -0.39 is 11.6 Å². The molecule has 3 heteroatoms. The van der Waals surface area contributed by atoms with Crippen LogP contribution in [-0.4, -0.2) is 23.3 Å². The van der Waals surface area contributed by atoms with Crippen molar-refractivity contribution in [3.63, 3.8) is 0 Å². The van der Waals surface area contributed by atoms with Gasteiger partial charge < -0.3 is 9.84 Å². The molecule has 3 nitrogen and oxygen atoms in total. The molecule has 1 aromatic carbocycles. The maximum Gasteiger partial charge on any atom is 0.338 e. The van der Waals surface area contributed by atoms with Gasteiger partial charge in [0.05, 0.1) is 6.61 Å². The summed E-state index contributed by atoms with van der Waals surface area (Å²) in [5.41, 5.74) is -0.287. The molecule has 0 spiro atoms. The predicted octanol–water partition coefficient (Wildman–Crippen LogP) is 1.47. The molecule has 1 aliphatic carbocycles. The third-order valence-electron chi connectivity index (χ3n) is 2.76. The highest BCUT2D eigenvalue weighted by Crippen LogP contribution is 2.51. The summed E-state index contributed by atoms with van der Waals surface area (Å²) in [6.07, 6.45) is 0.468. The zero-order valence-corrected chi connectivity index (χ0v) is 8.64. The lowest BCUT2D eigenvalue weighted by Crippen LogP contribution is -2.26. The van der Waals surface area contributed by atoms with Crippen LogP contribution in [0.4, 0.5) is 0 Å². The molecule has 0 heterocycles. The molecule has 1 N–H and O–H groups in total. The third-order valence-corrected chi connectivity index (χ3v) is 2.76. The van der Waals surface area contributed by atoms with Gasteiger partial charge >= 0.3 is 5.97 Å². The van der Waals surface area contributed by atoms with Crippen molar-refractivity contribution in [3.05, 3.63) is 35.9 Å². The third kappa shape index (κ3) is 1.75. The van der Waals surface area contributed by atoms with E-state index in [0.717, 1.165) is 5.56 Å². The van der Waals surface area contributed by atoms with Crippen LogP contribution in [0.25, 0.3) is 0 Å². The molecule has 15 heavy (non-hydrogen) atoms. The number of carbonyl (C=O) groups excluding carboxylic acids is 1. The van der Waals surface area contributed by atoms with E-state index in [9.17, 15) is 9.90 Å². The van der Waals surface area contributed by atoms with E-state index in [2.05, 4.69) is 0 Å². The zero-order chi connectivity index (χ0) is 10.9. The second-order valence-corrected chi connectivity index (χ2v) is 3.81. The fourth-order valence-corrected chi connectivity index (χ4v) is 1.81. The number of carbonyl (C=O) groups is 1. The molecule has 0 radical (unpaired) electrons. The summed E-state index contributed by atoms with van der Waals surface area (Å²) in [5, 5.41) is 9.97. The summed E-state index contributed by atoms with van der Waals surface area (Å²) in [4.78, 5) is 11.4. The molecule has 0 saturated heterocycles. The van der Waals surface area contributed by atoms with Crippen molar-refractivity contribution >= 4 is 5.97 Å². The Morgan fingerprint density at radius 1 is 1.53 bits per heavy atom. The second kappa shape index (κ2) is 3.66. The number of aliphatic hydroxyl groups is 1. The van der Waals surface area contributed by atoms with E-state index in [1.54, 1.807) is 6.92 Å². The molecule has 1 aliphatic rings. The highest BCUT2D eigenvalue weighted by molar-refractivity contribution is 5.85. The van der Waals surface area contributed by atoms with Gasteiger partial charge in [0.15, 0.2) is 5.60 Å². The minimum absolute atomic E-state index is 0.0993. The van der Waals surface area contributed by atoms with Crippen LogP contribution in [0, 0.1) is 0 Å². The summed E-state index contributed by atoms with van der Waals surface area (Å²) < 4.78 is 4.83. The van der Waals surface area contributed by atoms with E-state index in [-0.39, 0.29) is 5.92 Å². The first-order valence-corrected chi connectivity index (χ1v) is 5.13. The highest BCUT2D eigenvalue weighted by atomic mass is 16.6. The maximum atomic E-state index is 11.4. The van der Waals surface area contributed by atoms with Crippen LogP contribution in [0.2, 0.25) is 0 Å². The van der Waals surface area contributed by atoms with Crippen molar-refractivity contribution in [1.29, 1.82) is 0 Å². The molecule has 0 unspecified atom stereocenters. The van der Waals surface area contributed by atoms with Crippen molar-refractivity contribution < 1.29 is 14.6 Å². The number of ether oxygens (including phenoxy) is 1. The van der Waals surface area contributed by atoms with Gasteiger partial charge in [-0.05, 0) is 18.9 Å². The van der Waals surface area contributed by atoms with Gasteiger partial charge in [-0.2, -0.15) is 0 Å². The Labute approximate surface area is 88.7 Å². The highest BCUT2D eigenvalue weighted by Gasteiger charge is 2.60. The lowest BCUT2D eigenvalue weighted by atomic mass is 10.1. The first kappa shape index (κ1) is 10.2. The Morgan fingerprint density at radius 2 is 2.20 bits per heavy atom. The SMILES string of the molecule is CCOC(=O)[C@]1(O)C[C@@H]1c1ccccc1. The van der Waals surface area contributed by atoms with Gasteiger partial charge in [0.1, 0.15) is 0 Å². The van der Waals surface area contributed by atoms with Crippen LogP contribution in [0.3, 0.4) is 0 Å². The first-order valence-electron chi connectivity index (χ1n) is 5.13. The second-order valence-electron chi connectivity index (χ2n) is 3.81.